The fourth-order valence-corrected chi connectivity index (χ4v) is 1.26. The molecule has 0 aromatic heterocycles. The van der Waals surface area contributed by atoms with E-state index in [1.807, 2.05) is 0 Å². The molecule has 1 aromatic carbocycles. The summed E-state index contributed by atoms with van der Waals surface area (Å²) in [6.07, 6.45) is -0.00199. The van der Waals surface area contributed by atoms with Crippen LogP contribution in [0.5, 0.6) is 0 Å². The van der Waals surface area contributed by atoms with Crippen LogP contribution in [0.2, 0.25) is 5.02 Å². The summed E-state index contributed by atoms with van der Waals surface area (Å²) in [6, 6.07) is 1.60. The molecule has 0 atom stereocenters. The molecule has 0 heterocycles. The molecule has 0 spiro atoms. The lowest BCUT2D eigenvalue weighted by molar-refractivity contribution is 0.0989. The monoisotopic (exact) mass is 230 g/mol. The van der Waals surface area contributed by atoms with E-state index in [1.165, 1.54) is 0 Å². The highest BCUT2D eigenvalue weighted by atomic mass is 35.5. The molecule has 0 aliphatic rings. The van der Waals surface area contributed by atoms with Crippen molar-refractivity contribution >= 4 is 17.4 Å². The fraction of sp³-hybridized carbons (Fsp3) is 0.182. The maximum Gasteiger partial charge on any atom is 0.169 e. The molecule has 0 amide bonds. The van der Waals surface area contributed by atoms with Crippen LogP contribution in [-0.2, 0) is 0 Å². The molecule has 0 N–H and O–H groups in total. The van der Waals surface area contributed by atoms with E-state index in [-0.39, 0.29) is 17.0 Å². The first-order valence-corrected chi connectivity index (χ1v) is 4.61. The topological polar surface area (TPSA) is 17.1 Å². The smallest absolute Gasteiger partial charge is 0.169 e. The minimum Gasteiger partial charge on any atom is -0.294 e. The highest BCUT2D eigenvalue weighted by molar-refractivity contribution is 6.30. The summed E-state index contributed by atoms with van der Waals surface area (Å²) in [4.78, 5) is 11.4. The van der Waals surface area contributed by atoms with Crippen LogP contribution in [0.1, 0.15) is 23.7 Å². The number of ketones is 1. The molecule has 80 valence electrons. The van der Waals surface area contributed by atoms with E-state index >= 15 is 0 Å². The van der Waals surface area contributed by atoms with Gasteiger partial charge in [0.1, 0.15) is 11.6 Å². The van der Waals surface area contributed by atoms with E-state index in [2.05, 4.69) is 6.58 Å². The number of rotatable bonds is 3. The van der Waals surface area contributed by atoms with Crippen molar-refractivity contribution < 1.29 is 13.6 Å². The quantitative estimate of drug-likeness (QED) is 0.439. The van der Waals surface area contributed by atoms with Crippen LogP contribution in [0.3, 0.4) is 0 Å². The van der Waals surface area contributed by atoms with Gasteiger partial charge in [-0.05, 0) is 19.1 Å². The van der Waals surface area contributed by atoms with Crippen molar-refractivity contribution in [3.8, 4) is 0 Å². The van der Waals surface area contributed by atoms with E-state index in [0.717, 1.165) is 12.1 Å². The Morgan fingerprint density at radius 1 is 1.40 bits per heavy atom. The van der Waals surface area contributed by atoms with Crippen LogP contribution < -0.4 is 0 Å². The number of hydrogen-bond acceptors (Lipinski definition) is 1. The lowest BCUT2D eigenvalue weighted by Gasteiger charge is -2.03. The summed E-state index contributed by atoms with van der Waals surface area (Å²) in [7, 11) is 0. The number of halogens is 3. The third-order valence-corrected chi connectivity index (χ3v) is 2.06. The summed E-state index contributed by atoms with van der Waals surface area (Å²) >= 11 is 5.35. The molecule has 4 heteroatoms. The first-order valence-electron chi connectivity index (χ1n) is 4.24. The predicted octanol–water partition coefficient (Wildman–Crippen LogP) is 3.77. The number of hydrogen-bond donors (Lipinski definition) is 0. The van der Waals surface area contributed by atoms with E-state index < -0.39 is 17.4 Å². The molecule has 15 heavy (non-hydrogen) atoms. The Kier molecular flexibility index (Phi) is 3.58. The first kappa shape index (κ1) is 11.9. The molecule has 1 aromatic rings. The average molecular weight is 231 g/mol. The molecule has 0 aliphatic carbocycles. The number of allylic oxidation sites excluding steroid dienone is 1. The molecule has 0 fully saturated rings. The molecule has 1 nitrogen and oxygen atoms in total. The van der Waals surface area contributed by atoms with E-state index in [1.54, 1.807) is 6.92 Å². The van der Waals surface area contributed by atoms with Gasteiger partial charge in [0, 0.05) is 6.42 Å². The highest BCUT2D eigenvalue weighted by Gasteiger charge is 2.15. The predicted molar refractivity (Wildman–Crippen MR) is 55.1 cm³/mol. The summed E-state index contributed by atoms with van der Waals surface area (Å²) in [5.74, 6) is -2.12. The van der Waals surface area contributed by atoms with Crippen molar-refractivity contribution in [1.29, 1.82) is 0 Å². The number of benzene rings is 1. The van der Waals surface area contributed by atoms with Crippen molar-refractivity contribution in [3.63, 3.8) is 0 Å². The van der Waals surface area contributed by atoms with Crippen molar-refractivity contribution in [2.24, 2.45) is 0 Å². The molecule has 0 saturated heterocycles. The Labute approximate surface area is 91.4 Å². The second-order valence-corrected chi connectivity index (χ2v) is 3.71. The Hall–Kier alpha value is -1.22. The minimum atomic E-state index is -0.812. The highest BCUT2D eigenvalue weighted by Crippen LogP contribution is 2.21. The van der Waals surface area contributed by atoms with Gasteiger partial charge in [0.25, 0.3) is 0 Å². The summed E-state index contributed by atoms with van der Waals surface area (Å²) in [5, 5.41) is -0.334. The Morgan fingerprint density at radius 3 is 2.53 bits per heavy atom. The van der Waals surface area contributed by atoms with Gasteiger partial charge in [0.15, 0.2) is 5.78 Å². The number of Topliss-reactive ketones (excluding diaryl/α,β-unsaturated/α-hetero) is 1. The normalized spacial score (nSPS) is 10.1. The van der Waals surface area contributed by atoms with Crippen molar-refractivity contribution in [1.82, 2.24) is 0 Å². The van der Waals surface area contributed by atoms with Gasteiger partial charge >= 0.3 is 0 Å². The summed E-state index contributed by atoms with van der Waals surface area (Å²) in [5.41, 5.74) is 0.301. The van der Waals surface area contributed by atoms with Crippen LogP contribution >= 0.6 is 11.6 Å². The van der Waals surface area contributed by atoms with Crippen LogP contribution in [0.4, 0.5) is 8.78 Å². The van der Waals surface area contributed by atoms with Crippen LogP contribution in [0, 0.1) is 11.6 Å². The van der Waals surface area contributed by atoms with E-state index in [0.29, 0.717) is 5.57 Å². The molecule has 1 rings (SSSR count). The standard InChI is InChI=1S/C11H9ClF2O/c1-6(2)3-11(15)7-4-10(14)8(12)5-9(7)13/h4-5H,1,3H2,2H3. The maximum absolute atomic E-state index is 13.2. The molecule has 0 saturated carbocycles. The second kappa shape index (κ2) is 4.53. The summed E-state index contributed by atoms with van der Waals surface area (Å²) < 4.78 is 26.2. The SMILES string of the molecule is C=C(C)CC(=O)c1cc(F)c(Cl)cc1F. The summed E-state index contributed by atoms with van der Waals surface area (Å²) in [6.45, 7) is 5.17. The second-order valence-electron chi connectivity index (χ2n) is 3.30. The maximum atomic E-state index is 13.2. The van der Waals surface area contributed by atoms with Gasteiger partial charge in [0.05, 0.1) is 10.6 Å². The van der Waals surface area contributed by atoms with Gasteiger partial charge < -0.3 is 0 Å². The Morgan fingerprint density at radius 2 is 2.00 bits per heavy atom. The number of carbonyl (C=O) groups is 1. The number of carbonyl (C=O) groups excluding carboxylic acids is 1. The van der Waals surface area contributed by atoms with Crippen molar-refractivity contribution in [3.05, 3.63) is 46.5 Å². The molecule has 0 unspecified atom stereocenters. The van der Waals surface area contributed by atoms with Gasteiger partial charge in [-0.2, -0.15) is 0 Å². The molecule has 0 bridgehead atoms. The van der Waals surface area contributed by atoms with Crippen molar-refractivity contribution in [2.45, 2.75) is 13.3 Å². The Balaban J connectivity index is 3.09. The lowest BCUT2D eigenvalue weighted by atomic mass is 10.0. The van der Waals surface area contributed by atoms with E-state index in [9.17, 15) is 13.6 Å². The van der Waals surface area contributed by atoms with Crippen LogP contribution in [0.25, 0.3) is 0 Å². The van der Waals surface area contributed by atoms with Gasteiger partial charge in [0.2, 0.25) is 0 Å². The third kappa shape index (κ3) is 2.86. The Bertz CT molecular complexity index is 427. The molecular formula is C11H9ClF2O. The van der Waals surface area contributed by atoms with Gasteiger partial charge in [-0.3, -0.25) is 4.79 Å². The molecule has 0 radical (unpaired) electrons. The fourth-order valence-electron chi connectivity index (χ4n) is 1.11. The zero-order valence-corrected chi connectivity index (χ0v) is 8.87. The van der Waals surface area contributed by atoms with E-state index in [4.69, 9.17) is 11.6 Å². The third-order valence-electron chi connectivity index (χ3n) is 1.77. The van der Waals surface area contributed by atoms with Crippen molar-refractivity contribution in [2.75, 3.05) is 0 Å². The zero-order chi connectivity index (χ0) is 11.6. The van der Waals surface area contributed by atoms with Crippen LogP contribution in [0.15, 0.2) is 24.3 Å². The largest absolute Gasteiger partial charge is 0.294 e. The first-order chi connectivity index (χ1) is 6.91. The average Bonchev–Trinajstić information content (AvgIpc) is 2.09. The zero-order valence-electron chi connectivity index (χ0n) is 8.11. The van der Waals surface area contributed by atoms with Crippen LogP contribution in [-0.4, -0.2) is 5.78 Å². The molecule has 0 aliphatic heterocycles. The minimum absolute atomic E-state index is 0.00199. The van der Waals surface area contributed by atoms with Gasteiger partial charge in [-0.15, -0.1) is 0 Å². The van der Waals surface area contributed by atoms with Gasteiger partial charge in [-0.25, -0.2) is 8.78 Å². The molecular weight excluding hydrogens is 222 g/mol. The van der Waals surface area contributed by atoms with Gasteiger partial charge in [-0.1, -0.05) is 23.8 Å². The lowest BCUT2D eigenvalue weighted by Crippen LogP contribution is -2.03.